The summed E-state index contributed by atoms with van der Waals surface area (Å²) in [6, 6.07) is 14.5. The first kappa shape index (κ1) is 16.7. The summed E-state index contributed by atoms with van der Waals surface area (Å²) in [4.78, 5) is 12.2. The van der Waals surface area contributed by atoms with Gasteiger partial charge >= 0.3 is 0 Å². The number of rotatable bonds is 4. The molecular weight excluding hydrogens is 324 g/mol. The third-order valence-electron chi connectivity index (χ3n) is 5.42. The van der Waals surface area contributed by atoms with Crippen LogP contribution in [-0.2, 0) is 0 Å². The van der Waals surface area contributed by atoms with Crippen LogP contribution in [0.4, 0.5) is 5.69 Å². The maximum Gasteiger partial charge on any atom is 0.251 e. The molecule has 4 heteroatoms. The second-order valence-corrected chi connectivity index (χ2v) is 6.91. The van der Waals surface area contributed by atoms with Gasteiger partial charge in [-0.1, -0.05) is 24.3 Å². The fourth-order valence-electron chi connectivity index (χ4n) is 4.16. The van der Waals surface area contributed by atoms with E-state index < -0.39 is 0 Å². The monoisotopic (exact) mass is 348 g/mol. The van der Waals surface area contributed by atoms with Crippen LogP contribution in [0.25, 0.3) is 0 Å². The zero-order valence-electron chi connectivity index (χ0n) is 15.2. The third kappa shape index (κ3) is 2.85. The van der Waals surface area contributed by atoms with Crippen LogP contribution in [0.15, 0.2) is 54.6 Å². The van der Waals surface area contributed by atoms with Gasteiger partial charge < -0.3 is 15.4 Å². The van der Waals surface area contributed by atoms with E-state index in [0.29, 0.717) is 18.4 Å². The fraction of sp³-hybridized carbons (Fsp3) is 0.318. The second-order valence-electron chi connectivity index (χ2n) is 6.91. The number of carbonyl (C=O) groups excluding carboxylic acids is 1. The summed E-state index contributed by atoms with van der Waals surface area (Å²) in [5, 5.41) is 6.59. The molecule has 3 unspecified atom stereocenters. The van der Waals surface area contributed by atoms with Crippen molar-refractivity contribution in [3.8, 4) is 5.75 Å². The molecule has 4 rings (SSSR count). The number of hydrogen-bond donors (Lipinski definition) is 2. The van der Waals surface area contributed by atoms with E-state index in [1.54, 1.807) is 7.11 Å². The van der Waals surface area contributed by atoms with Crippen molar-refractivity contribution in [3.63, 3.8) is 0 Å². The molecule has 1 amide bonds. The molecule has 1 aliphatic heterocycles. The first-order valence-electron chi connectivity index (χ1n) is 9.20. The van der Waals surface area contributed by atoms with Gasteiger partial charge in [0.2, 0.25) is 0 Å². The standard InChI is InChI=1S/C22H24N2O2/c1-3-23-22(25)15-10-11-20-19(13-15)17-8-5-9-18(17)21(24-20)14-6-4-7-16(12-14)26-2/h4-8,10-13,17-18,21,24H,3,9H2,1-2H3,(H,23,25). The van der Waals surface area contributed by atoms with Gasteiger partial charge in [-0.25, -0.2) is 0 Å². The predicted molar refractivity (Wildman–Crippen MR) is 104 cm³/mol. The lowest BCUT2D eigenvalue weighted by molar-refractivity contribution is 0.0955. The second kappa shape index (κ2) is 6.87. The molecule has 2 aromatic rings. The lowest BCUT2D eigenvalue weighted by Crippen LogP contribution is -2.30. The van der Waals surface area contributed by atoms with E-state index in [0.717, 1.165) is 23.4 Å². The third-order valence-corrected chi connectivity index (χ3v) is 5.42. The largest absolute Gasteiger partial charge is 0.497 e. The molecule has 2 N–H and O–H groups in total. The number of carbonyl (C=O) groups is 1. The van der Waals surface area contributed by atoms with Crippen molar-refractivity contribution in [2.24, 2.45) is 5.92 Å². The number of hydrogen-bond acceptors (Lipinski definition) is 3. The molecule has 1 heterocycles. The summed E-state index contributed by atoms with van der Waals surface area (Å²) in [5.74, 6) is 1.64. The summed E-state index contributed by atoms with van der Waals surface area (Å²) in [5.41, 5.74) is 4.29. The van der Waals surface area contributed by atoms with Gasteiger partial charge in [0.25, 0.3) is 5.91 Å². The van der Waals surface area contributed by atoms with Gasteiger partial charge in [-0.2, -0.15) is 0 Å². The minimum absolute atomic E-state index is 0.0104. The Labute approximate surface area is 154 Å². The van der Waals surface area contributed by atoms with Crippen molar-refractivity contribution in [2.75, 3.05) is 19.0 Å². The molecule has 0 saturated carbocycles. The van der Waals surface area contributed by atoms with Crippen LogP contribution in [0.5, 0.6) is 5.75 Å². The molecule has 0 fully saturated rings. The Morgan fingerprint density at radius 1 is 1.27 bits per heavy atom. The Morgan fingerprint density at radius 3 is 2.96 bits per heavy atom. The summed E-state index contributed by atoms with van der Waals surface area (Å²) < 4.78 is 5.40. The maximum absolute atomic E-state index is 12.2. The molecule has 3 atom stereocenters. The molecule has 2 aromatic carbocycles. The smallest absolute Gasteiger partial charge is 0.251 e. The van der Waals surface area contributed by atoms with E-state index in [1.807, 2.05) is 37.3 Å². The van der Waals surface area contributed by atoms with Crippen LogP contribution in [0.2, 0.25) is 0 Å². The minimum atomic E-state index is -0.0104. The molecule has 134 valence electrons. The van der Waals surface area contributed by atoms with E-state index in [9.17, 15) is 4.79 Å². The van der Waals surface area contributed by atoms with Gasteiger partial charge in [-0.05, 0) is 60.7 Å². The highest BCUT2D eigenvalue weighted by molar-refractivity contribution is 5.95. The summed E-state index contributed by atoms with van der Waals surface area (Å²) in [6.45, 7) is 2.57. The van der Waals surface area contributed by atoms with Gasteiger partial charge in [-0.15, -0.1) is 0 Å². The number of anilines is 1. The number of fused-ring (bicyclic) bond motifs is 3. The van der Waals surface area contributed by atoms with Crippen molar-refractivity contribution < 1.29 is 9.53 Å². The van der Waals surface area contributed by atoms with E-state index in [4.69, 9.17) is 4.74 Å². The number of benzene rings is 2. The van der Waals surface area contributed by atoms with E-state index in [-0.39, 0.29) is 11.9 Å². The first-order valence-corrected chi connectivity index (χ1v) is 9.20. The number of nitrogens with one attached hydrogen (secondary N) is 2. The van der Waals surface area contributed by atoms with Crippen molar-refractivity contribution in [3.05, 3.63) is 71.3 Å². The molecule has 0 saturated heterocycles. The van der Waals surface area contributed by atoms with Gasteiger partial charge in [0.1, 0.15) is 5.75 Å². The van der Waals surface area contributed by atoms with Crippen LogP contribution < -0.4 is 15.4 Å². The van der Waals surface area contributed by atoms with Crippen molar-refractivity contribution >= 4 is 11.6 Å². The topological polar surface area (TPSA) is 50.4 Å². The quantitative estimate of drug-likeness (QED) is 0.811. The van der Waals surface area contributed by atoms with Gasteiger partial charge in [0.05, 0.1) is 13.2 Å². The average Bonchev–Trinajstić information content (AvgIpc) is 3.17. The highest BCUT2D eigenvalue weighted by atomic mass is 16.5. The molecule has 0 aromatic heterocycles. The number of methoxy groups -OCH3 is 1. The molecular formula is C22H24N2O2. The number of amides is 1. The zero-order chi connectivity index (χ0) is 18.1. The van der Waals surface area contributed by atoms with E-state index in [2.05, 4.69) is 34.9 Å². The fourth-order valence-corrected chi connectivity index (χ4v) is 4.16. The molecule has 26 heavy (non-hydrogen) atoms. The van der Waals surface area contributed by atoms with Crippen LogP contribution in [0.1, 0.15) is 46.8 Å². The van der Waals surface area contributed by atoms with Crippen molar-refractivity contribution in [1.82, 2.24) is 5.32 Å². The Morgan fingerprint density at radius 2 is 2.15 bits per heavy atom. The van der Waals surface area contributed by atoms with Crippen LogP contribution in [-0.4, -0.2) is 19.6 Å². The Kier molecular flexibility index (Phi) is 4.41. The van der Waals surface area contributed by atoms with Crippen molar-refractivity contribution in [1.29, 1.82) is 0 Å². The molecule has 0 bridgehead atoms. The predicted octanol–water partition coefficient (Wildman–Crippen LogP) is 4.27. The summed E-state index contributed by atoms with van der Waals surface area (Å²) >= 11 is 0. The van der Waals surface area contributed by atoms with Crippen LogP contribution >= 0.6 is 0 Å². The highest BCUT2D eigenvalue weighted by Crippen LogP contribution is 2.50. The van der Waals surface area contributed by atoms with Gasteiger partial charge in [0, 0.05) is 23.7 Å². The average molecular weight is 348 g/mol. The lowest BCUT2D eigenvalue weighted by atomic mass is 9.76. The molecule has 0 radical (unpaired) electrons. The summed E-state index contributed by atoms with van der Waals surface area (Å²) in [7, 11) is 1.70. The number of allylic oxidation sites excluding steroid dienone is 2. The van der Waals surface area contributed by atoms with Crippen molar-refractivity contribution in [2.45, 2.75) is 25.3 Å². The molecule has 0 spiro atoms. The Balaban J connectivity index is 1.71. The van der Waals surface area contributed by atoms with E-state index in [1.165, 1.54) is 11.1 Å². The molecule has 2 aliphatic rings. The normalized spacial score (nSPS) is 22.9. The number of ether oxygens (including phenoxy) is 1. The van der Waals surface area contributed by atoms with Gasteiger partial charge in [-0.3, -0.25) is 4.79 Å². The summed E-state index contributed by atoms with van der Waals surface area (Å²) in [6.07, 6.45) is 5.58. The maximum atomic E-state index is 12.2. The zero-order valence-corrected chi connectivity index (χ0v) is 15.2. The first-order chi connectivity index (χ1) is 12.7. The lowest BCUT2D eigenvalue weighted by Gasteiger charge is -2.37. The Hall–Kier alpha value is -2.75. The molecule has 4 nitrogen and oxygen atoms in total. The van der Waals surface area contributed by atoms with Crippen LogP contribution in [0.3, 0.4) is 0 Å². The Bertz CT molecular complexity index is 859. The van der Waals surface area contributed by atoms with Crippen LogP contribution in [0, 0.1) is 5.92 Å². The molecule has 1 aliphatic carbocycles. The SMILES string of the molecule is CCNC(=O)c1ccc2c(c1)C1C=CCC1C(c1cccc(OC)c1)N2. The van der Waals surface area contributed by atoms with Gasteiger partial charge in [0.15, 0.2) is 0 Å². The minimum Gasteiger partial charge on any atom is -0.497 e. The highest BCUT2D eigenvalue weighted by Gasteiger charge is 2.38. The van der Waals surface area contributed by atoms with E-state index >= 15 is 0 Å².